The van der Waals surface area contributed by atoms with Crippen molar-refractivity contribution in [3.63, 3.8) is 0 Å². The number of carbonyl (C=O) groups excluding carboxylic acids is 1. The molecule has 0 unspecified atom stereocenters. The van der Waals surface area contributed by atoms with E-state index >= 15 is 0 Å². The van der Waals surface area contributed by atoms with Gasteiger partial charge in [-0.25, -0.2) is 0 Å². The van der Waals surface area contributed by atoms with E-state index in [0.717, 1.165) is 31.8 Å². The first kappa shape index (κ1) is 19.7. The summed E-state index contributed by atoms with van der Waals surface area (Å²) in [6.07, 6.45) is 1.80. The first-order valence-corrected chi connectivity index (χ1v) is 8.97. The minimum Gasteiger partial charge on any atom is -0.494 e. The smallest absolute Gasteiger partial charge is 0.233 e. The number of amides is 1. The molecule has 2 rings (SSSR count). The number of rotatable bonds is 10. The van der Waals surface area contributed by atoms with Crippen LogP contribution in [-0.2, 0) is 19.7 Å². The quantitative estimate of drug-likeness (QED) is 0.626. The fourth-order valence-electron chi connectivity index (χ4n) is 3.11. The van der Waals surface area contributed by atoms with E-state index in [1.807, 2.05) is 19.1 Å². The molecule has 0 bridgehead atoms. The van der Waals surface area contributed by atoms with E-state index in [2.05, 4.69) is 22.8 Å². The van der Waals surface area contributed by atoms with Crippen molar-refractivity contribution in [3.05, 3.63) is 29.8 Å². The van der Waals surface area contributed by atoms with E-state index in [0.29, 0.717) is 32.8 Å². The van der Waals surface area contributed by atoms with Gasteiger partial charge in [0.15, 0.2) is 0 Å². The van der Waals surface area contributed by atoms with Crippen molar-refractivity contribution in [2.45, 2.75) is 25.2 Å². The SMILES string of the molecule is CCOc1ccc(C2(CNC(=O)CNCCOC)CCOCC2)cc1. The van der Waals surface area contributed by atoms with Crippen molar-refractivity contribution < 1.29 is 19.0 Å². The number of nitrogens with one attached hydrogen (secondary N) is 2. The Hall–Kier alpha value is -1.63. The van der Waals surface area contributed by atoms with Crippen molar-refractivity contribution in [3.8, 4) is 5.75 Å². The van der Waals surface area contributed by atoms with Gasteiger partial charge >= 0.3 is 0 Å². The lowest BCUT2D eigenvalue weighted by atomic mass is 9.74. The van der Waals surface area contributed by atoms with Gasteiger partial charge in [-0.2, -0.15) is 0 Å². The third-order valence-electron chi connectivity index (χ3n) is 4.62. The number of benzene rings is 1. The Bertz CT molecular complexity index is 513. The summed E-state index contributed by atoms with van der Waals surface area (Å²) >= 11 is 0. The van der Waals surface area contributed by atoms with Gasteiger partial charge in [0.2, 0.25) is 5.91 Å². The second kappa shape index (κ2) is 10.4. The molecule has 25 heavy (non-hydrogen) atoms. The molecule has 0 aromatic heterocycles. The van der Waals surface area contributed by atoms with Crippen LogP contribution in [0.3, 0.4) is 0 Å². The first-order valence-electron chi connectivity index (χ1n) is 8.97. The summed E-state index contributed by atoms with van der Waals surface area (Å²) in [7, 11) is 1.65. The molecule has 140 valence electrons. The topological polar surface area (TPSA) is 68.8 Å². The van der Waals surface area contributed by atoms with Crippen molar-refractivity contribution in [1.29, 1.82) is 0 Å². The number of ether oxygens (including phenoxy) is 3. The van der Waals surface area contributed by atoms with E-state index in [1.165, 1.54) is 5.56 Å². The van der Waals surface area contributed by atoms with Gasteiger partial charge in [0.1, 0.15) is 5.75 Å². The zero-order valence-corrected chi connectivity index (χ0v) is 15.3. The van der Waals surface area contributed by atoms with Gasteiger partial charge in [-0.3, -0.25) is 4.79 Å². The predicted octanol–water partition coefficient (Wildman–Crippen LogP) is 1.49. The van der Waals surface area contributed by atoms with E-state index < -0.39 is 0 Å². The standard InChI is InChI=1S/C19H30N2O4/c1-3-25-17-6-4-16(5-7-17)19(8-11-24-12-9-19)15-21-18(22)14-20-10-13-23-2/h4-7,20H,3,8-15H2,1-2H3,(H,21,22). The van der Waals surface area contributed by atoms with Gasteiger partial charge in [0, 0.05) is 38.8 Å². The van der Waals surface area contributed by atoms with Gasteiger partial charge in [0.25, 0.3) is 0 Å². The number of hydrogen-bond acceptors (Lipinski definition) is 5. The second-order valence-corrected chi connectivity index (χ2v) is 6.30. The van der Waals surface area contributed by atoms with Crippen LogP contribution in [0.4, 0.5) is 0 Å². The molecular weight excluding hydrogens is 320 g/mol. The lowest BCUT2D eigenvalue weighted by molar-refractivity contribution is -0.120. The van der Waals surface area contributed by atoms with Crippen LogP contribution in [0.25, 0.3) is 0 Å². The van der Waals surface area contributed by atoms with E-state index in [-0.39, 0.29) is 11.3 Å². The van der Waals surface area contributed by atoms with Crippen molar-refractivity contribution >= 4 is 5.91 Å². The summed E-state index contributed by atoms with van der Waals surface area (Å²) in [4.78, 5) is 12.1. The summed E-state index contributed by atoms with van der Waals surface area (Å²) in [5, 5.41) is 6.15. The molecule has 6 nitrogen and oxygen atoms in total. The molecule has 1 aliphatic heterocycles. The fraction of sp³-hybridized carbons (Fsp3) is 0.632. The summed E-state index contributed by atoms with van der Waals surface area (Å²) in [6.45, 7) is 6.26. The molecule has 1 aliphatic rings. The van der Waals surface area contributed by atoms with Crippen LogP contribution in [0.15, 0.2) is 24.3 Å². The molecule has 0 spiro atoms. The van der Waals surface area contributed by atoms with Gasteiger partial charge in [-0.1, -0.05) is 12.1 Å². The Morgan fingerprint density at radius 2 is 1.96 bits per heavy atom. The molecule has 0 atom stereocenters. The number of carbonyl (C=O) groups is 1. The van der Waals surface area contributed by atoms with Gasteiger partial charge in [0.05, 0.1) is 19.8 Å². The molecule has 1 aromatic carbocycles. The maximum Gasteiger partial charge on any atom is 0.233 e. The van der Waals surface area contributed by atoms with Crippen LogP contribution in [0.2, 0.25) is 0 Å². The first-order chi connectivity index (χ1) is 12.2. The summed E-state index contributed by atoms with van der Waals surface area (Å²) in [6, 6.07) is 8.23. The monoisotopic (exact) mass is 350 g/mol. The van der Waals surface area contributed by atoms with Crippen molar-refractivity contribution in [2.24, 2.45) is 0 Å². The van der Waals surface area contributed by atoms with Gasteiger partial charge in [-0.15, -0.1) is 0 Å². The highest BCUT2D eigenvalue weighted by molar-refractivity contribution is 5.78. The van der Waals surface area contributed by atoms with Crippen LogP contribution in [0.5, 0.6) is 5.75 Å². The number of methoxy groups -OCH3 is 1. The summed E-state index contributed by atoms with van der Waals surface area (Å²) in [5.74, 6) is 0.882. The van der Waals surface area contributed by atoms with E-state index in [1.54, 1.807) is 7.11 Å². The maximum atomic E-state index is 12.1. The third-order valence-corrected chi connectivity index (χ3v) is 4.62. The molecule has 1 amide bonds. The molecule has 0 saturated carbocycles. The molecule has 1 fully saturated rings. The summed E-state index contributed by atoms with van der Waals surface area (Å²) < 4.78 is 16.0. The zero-order valence-electron chi connectivity index (χ0n) is 15.3. The Morgan fingerprint density at radius 3 is 2.60 bits per heavy atom. The van der Waals surface area contributed by atoms with Crippen LogP contribution < -0.4 is 15.4 Å². The molecule has 1 saturated heterocycles. The normalized spacial score (nSPS) is 16.4. The van der Waals surface area contributed by atoms with Crippen LogP contribution in [0.1, 0.15) is 25.3 Å². The lowest BCUT2D eigenvalue weighted by Crippen LogP contribution is -2.46. The highest BCUT2D eigenvalue weighted by atomic mass is 16.5. The average molecular weight is 350 g/mol. The van der Waals surface area contributed by atoms with Gasteiger partial charge in [-0.05, 0) is 37.5 Å². The highest BCUT2D eigenvalue weighted by Gasteiger charge is 2.34. The predicted molar refractivity (Wildman–Crippen MR) is 97.1 cm³/mol. The minimum atomic E-state index is -0.0782. The fourth-order valence-corrected chi connectivity index (χ4v) is 3.11. The highest BCUT2D eigenvalue weighted by Crippen LogP contribution is 2.35. The zero-order chi connectivity index (χ0) is 18.0. The molecule has 2 N–H and O–H groups in total. The van der Waals surface area contributed by atoms with E-state index in [9.17, 15) is 4.79 Å². The molecule has 6 heteroatoms. The molecule has 1 aromatic rings. The Morgan fingerprint density at radius 1 is 1.24 bits per heavy atom. The molecular formula is C19H30N2O4. The molecule has 0 radical (unpaired) electrons. The second-order valence-electron chi connectivity index (χ2n) is 6.30. The Labute approximate surface area is 150 Å². The van der Waals surface area contributed by atoms with Gasteiger partial charge < -0.3 is 24.8 Å². The van der Waals surface area contributed by atoms with E-state index in [4.69, 9.17) is 14.2 Å². The van der Waals surface area contributed by atoms with Crippen LogP contribution in [0, 0.1) is 0 Å². The van der Waals surface area contributed by atoms with Crippen LogP contribution >= 0.6 is 0 Å². The third kappa shape index (κ3) is 5.99. The van der Waals surface area contributed by atoms with Crippen LogP contribution in [-0.4, -0.2) is 59.1 Å². The Kier molecular flexibility index (Phi) is 8.18. The van der Waals surface area contributed by atoms with Crippen molar-refractivity contribution in [1.82, 2.24) is 10.6 Å². The largest absolute Gasteiger partial charge is 0.494 e. The average Bonchev–Trinajstić information content (AvgIpc) is 2.65. The lowest BCUT2D eigenvalue weighted by Gasteiger charge is -2.38. The molecule has 0 aliphatic carbocycles. The molecule has 1 heterocycles. The minimum absolute atomic E-state index is 0.00732. The number of hydrogen-bond donors (Lipinski definition) is 2. The van der Waals surface area contributed by atoms with Crippen molar-refractivity contribution in [2.75, 3.05) is 53.2 Å². The maximum absolute atomic E-state index is 12.1. The Balaban J connectivity index is 1.96. The summed E-state index contributed by atoms with van der Waals surface area (Å²) in [5.41, 5.74) is 1.15.